The molecule has 0 N–H and O–H groups in total. The van der Waals surface area contributed by atoms with Crippen LogP contribution >= 0.6 is 0 Å². The molecule has 1 saturated heterocycles. The molecule has 1 aliphatic heterocycles. The predicted octanol–water partition coefficient (Wildman–Crippen LogP) is 5.28. The number of amides is 1. The number of ether oxygens (including phenoxy) is 1. The highest BCUT2D eigenvalue weighted by Gasteiger charge is 2.34. The van der Waals surface area contributed by atoms with Crippen LogP contribution in [0, 0.1) is 10.8 Å². The second kappa shape index (κ2) is 10.3. The van der Waals surface area contributed by atoms with Gasteiger partial charge in [0.05, 0.1) is 12.6 Å². The van der Waals surface area contributed by atoms with Gasteiger partial charge in [0.25, 0.3) is 0 Å². The van der Waals surface area contributed by atoms with E-state index in [0.29, 0.717) is 30.4 Å². The Labute approximate surface area is 145 Å². The fraction of sp³-hybridized carbons (Fsp3) is 0.950. The Morgan fingerprint density at radius 2 is 1.78 bits per heavy atom. The lowest BCUT2D eigenvalue weighted by atomic mass is 9.71. The second-order valence-corrected chi connectivity index (χ2v) is 8.27. The Kier molecular flexibility index (Phi) is 10.1. The molecule has 1 aliphatic rings. The minimum Gasteiger partial charge on any atom is -0.383 e. The first-order chi connectivity index (χ1) is 10.7. The van der Waals surface area contributed by atoms with Crippen LogP contribution in [0.4, 0.5) is 0 Å². The van der Waals surface area contributed by atoms with E-state index in [2.05, 4.69) is 39.5 Å². The number of likely N-dealkylation sites (tertiary alicyclic amines) is 1. The van der Waals surface area contributed by atoms with Crippen molar-refractivity contribution in [3.8, 4) is 0 Å². The molecule has 0 spiro atoms. The van der Waals surface area contributed by atoms with E-state index in [0.717, 1.165) is 25.8 Å². The molecule has 0 aromatic rings. The van der Waals surface area contributed by atoms with Gasteiger partial charge in [0, 0.05) is 20.1 Å². The minimum absolute atomic E-state index is 0.0654. The van der Waals surface area contributed by atoms with E-state index in [4.69, 9.17) is 4.74 Å². The molecule has 0 aromatic carbocycles. The Bertz CT molecular complexity index is 337. The van der Waals surface area contributed by atoms with Crippen LogP contribution in [0.3, 0.4) is 0 Å². The van der Waals surface area contributed by atoms with Gasteiger partial charge in [0.1, 0.15) is 0 Å². The summed E-state index contributed by atoms with van der Waals surface area (Å²) in [6.45, 7) is 16.9. The number of hydrogen-bond donors (Lipinski definition) is 0. The summed E-state index contributed by atoms with van der Waals surface area (Å²) in [5, 5.41) is 0. The average Bonchev–Trinajstić information content (AvgIpc) is 2.87. The van der Waals surface area contributed by atoms with Crippen LogP contribution in [-0.2, 0) is 9.53 Å². The molecule has 1 atom stereocenters. The summed E-state index contributed by atoms with van der Waals surface area (Å²) in [5.41, 5.74) is 0.380. The van der Waals surface area contributed by atoms with E-state index in [1.54, 1.807) is 7.11 Å². The SMILES string of the molecule is CC.CCCC(C)(C)CC(C)(C)CC(=O)N1CCCC1COC. The monoisotopic (exact) mass is 327 g/mol. The third-order valence-electron chi connectivity index (χ3n) is 4.57. The van der Waals surface area contributed by atoms with Gasteiger partial charge in [0.2, 0.25) is 5.91 Å². The molecule has 0 radical (unpaired) electrons. The summed E-state index contributed by atoms with van der Waals surface area (Å²) >= 11 is 0. The maximum atomic E-state index is 12.7. The molecule has 23 heavy (non-hydrogen) atoms. The van der Waals surface area contributed by atoms with Crippen molar-refractivity contribution < 1.29 is 9.53 Å². The molecule has 1 rings (SSSR count). The topological polar surface area (TPSA) is 29.5 Å². The van der Waals surface area contributed by atoms with Crippen molar-refractivity contribution in [2.75, 3.05) is 20.3 Å². The fourth-order valence-electron chi connectivity index (χ4n) is 4.16. The standard InChI is InChI=1S/C18H35NO2.C2H6/c1-7-10-17(2,3)14-18(4,5)12-16(20)19-11-8-9-15(19)13-21-6;1-2/h15H,7-14H2,1-6H3;1-2H3. The first-order valence-electron chi connectivity index (χ1n) is 9.49. The third-order valence-corrected chi connectivity index (χ3v) is 4.57. The van der Waals surface area contributed by atoms with Crippen molar-refractivity contribution in [2.24, 2.45) is 10.8 Å². The van der Waals surface area contributed by atoms with E-state index in [1.807, 2.05) is 13.8 Å². The lowest BCUT2D eigenvalue weighted by molar-refractivity contribution is -0.135. The van der Waals surface area contributed by atoms with Crippen LogP contribution in [-0.4, -0.2) is 37.1 Å². The van der Waals surface area contributed by atoms with Gasteiger partial charge in [-0.15, -0.1) is 0 Å². The highest BCUT2D eigenvalue weighted by Crippen LogP contribution is 2.39. The van der Waals surface area contributed by atoms with E-state index < -0.39 is 0 Å². The van der Waals surface area contributed by atoms with Crippen molar-refractivity contribution in [1.82, 2.24) is 4.90 Å². The van der Waals surface area contributed by atoms with E-state index in [-0.39, 0.29) is 5.41 Å². The molecule has 1 unspecified atom stereocenters. The quantitative estimate of drug-likeness (QED) is 0.607. The largest absolute Gasteiger partial charge is 0.383 e. The molecule has 1 amide bonds. The highest BCUT2D eigenvalue weighted by molar-refractivity contribution is 5.77. The number of hydrogen-bond acceptors (Lipinski definition) is 2. The number of rotatable bonds is 8. The molecule has 138 valence electrons. The molecular formula is C20H41NO2. The third kappa shape index (κ3) is 8.19. The van der Waals surface area contributed by atoms with Crippen LogP contribution in [0.2, 0.25) is 0 Å². The Hall–Kier alpha value is -0.570. The first-order valence-corrected chi connectivity index (χ1v) is 9.49. The maximum Gasteiger partial charge on any atom is 0.223 e. The summed E-state index contributed by atoms with van der Waals surface area (Å²) in [4.78, 5) is 14.7. The second-order valence-electron chi connectivity index (χ2n) is 8.27. The van der Waals surface area contributed by atoms with Gasteiger partial charge < -0.3 is 9.64 Å². The van der Waals surface area contributed by atoms with Crippen LogP contribution in [0.5, 0.6) is 0 Å². The van der Waals surface area contributed by atoms with Crippen molar-refractivity contribution in [3.63, 3.8) is 0 Å². The van der Waals surface area contributed by atoms with Crippen molar-refractivity contribution >= 4 is 5.91 Å². The fourth-order valence-corrected chi connectivity index (χ4v) is 4.16. The van der Waals surface area contributed by atoms with E-state index in [9.17, 15) is 4.79 Å². The zero-order valence-electron chi connectivity index (χ0n) is 17.0. The summed E-state index contributed by atoms with van der Waals surface area (Å²) in [7, 11) is 1.72. The lowest BCUT2D eigenvalue weighted by Gasteiger charge is -2.36. The van der Waals surface area contributed by atoms with Gasteiger partial charge in [-0.05, 0) is 36.5 Å². The molecule has 0 bridgehead atoms. The number of nitrogens with zero attached hydrogens (tertiary/aromatic N) is 1. The first kappa shape index (κ1) is 22.4. The molecular weight excluding hydrogens is 286 g/mol. The molecule has 0 saturated carbocycles. The Morgan fingerprint density at radius 1 is 1.17 bits per heavy atom. The molecule has 3 nitrogen and oxygen atoms in total. The van der Waals surface area contributed by atoms with E-state index in [1.165, 1.54) is 12.8 Å². The number of carbonyl (C=O) groups excluding carboxylic acids is 1. The predicted molar refractivity (Wildman–Crippen MR) is 99.7 cm³/mol. The Morgan fingerprint density at radius 3 is 2.30 bits per heavy atom. The van der Waals surface area contributed by atoms with Gasteiger partial charge in [-0.1, -0.05) is 54.9 Å². The number of carbonyl (C=O) groups is 1. The molecule has 1 fully saturated rings. The molecule has 0 aliphatic carbocycles. The average molecular weight is 328 g/mol. The van der Waals surface area contributed by atoms with Crippen molar-refractivity contribution in [2.45, 2.75) is 93.0 Å². The minimum atomic E-state index is 0.0654. The normalized spacial score (nSPS) is 18.6. The molecule has 3 heteroatoms. The van der Waals surface area contributed by atoms with Gasteiger partial charge in [-0.2, -0.15) is 0 Å². The van der Waals surface area contributed by atoms with Gasteiger partial charge in [0.15, 0.2) is 0 Å². The lowest BCUT2D eigenvalue weighted by Crippen LogP contribution is -2.40. The highest BCUT2D eigenvalue weighted by atomic mass is 16.5. The summed E-state index contributed by atoms with van der Waals surface area (Å²) in [6, 6.07) is 0.293. The van der Waals surface area contributed by atoms with Gasteiger partial charge in [-0.3, -0.25) is 4.79 Å². The van der Waals surface area contributed by atoms with Crippen LogP contribution in [0.15, 0.2) is 0 Å². The Balaban J connectivity index is 0.00000232. The van der Waals surface area contributed by atoms with Crippen molar-refractivity contribution in [1.29, 1.82) is 0 Å². The van der Waals surface area contributed by atoms with Crippen molar-refractivity contribution in [3.05, 3.63) is 0 Å². The van der Waals surface area contributed by atoms with Gasteiger partial charge >= 0.3 is 0 Å². The van der Waals surface area contributed by atoms with Crippen LogP contribution in [0.25, 0.3) is 0 Å². The smallest absolute Gasteiger partial charge is 0.223 e. The summed E-state index contributed by atoms with van der Waals surface area (Å²) in [6.07, 6.45) is 6.38. The maximum absolute atomic E-state index is 12.7. The zero-order valence-corrected chi connectivity index (χ0v) is 17.0. The molecule has 1 heterocycles. The summed E-state index contributed by atoms with van der Waals surface area (Å²) < 4.78 is 5.25. The zero-order chi connectivity index (χ0) is 18.1. The van der Waals surface area contributed by atoms with E-state index >= 15 is 0 Å². The van der Waals surface area contributed by atoms with Crippen LogP contribution in [0.1, 0.15) is 87.0 Å². The number of methoxy groups -OCH3 is 1. The summed E-state index contributed by atoms with van der Waals surface area (Å²) in [5.74, 6) is 0.312. The van der Waals surface area contributed by atoms with Crippen LogP contribution < -0.4 is 0 Å². The molecule has 0 aromatic heterocycles. The van der Waals surface area contributed by atoms with Gasteiger partial charge in [-0.25, -0.2) is 0 Å².